The van der Waals surface area contributed by atoms with Gasteiger partial charge in [0.2, 0.25) is 0 Å². The molecular formula is C13H18F2O. The Morgan fingerprint density at radius 2 is 1.94 bits per heavy atom. The summed E-state index contributed by atoms with van der Waals surface area (Å²) in [7, 11) is 0. The zero-order valence-electron chi connectivity index (χ0n) is 9.93. The fourth-order valence-corrected chi connectivity index (χ4v) is 2.07. The highest BCUT2D eigenvalue weighted by molar-refractivity contribution is 5.20. The summed E-state index contributed by atoms with van der Waals surface area (Å²) in [5, 5.41) is 9.32. The van der Waals surface area contributed by atoms with Gasteiger partial charge in [0, 0.05) is 0 Å². The van der Waals surface area contributed by atoms with Crippen molar-refractivity contribution in [1.82, 2.24) is 0 Å². The van der Waals surface area contributed by atoms with Crippen LogP contribution in [0.3, 0.4) is 0 Å². The van der Waals surface area contributed by atoms with Gasteiger partial charge >= 0.3 is 0 Å². The molecule has 1 rings (SSSR count). The maximum atomic E-state index is 13.4. The van der Waals surface area contributed by atoms with Crippen molar-refractivity contribution >= 4 is 0 Å². The Bertz CT molecular complexity index is 359. The minimum absolute atomic E-state index is 0.247. The third-order valence-electron chi connectivity index (χ3n) is 2.52. The molecule has 90 valence electrons. The smallest absolute Gasteiger partial charge is 0.126 e. The van der Waals surface area contributed by atoms with Crippen molar-refractivity contribution in [2.75, 3.05) is 0 Å². The molecule has 0 bridgehead atoms. The van der Waals surface area contributed by atoms with Gasteiger partial charge in [0.15, 0.2) is 0 Å². The van der Waals surface area contributed by atoms with Crippen LogP contribution in [-0.2, 0) is 6.42 Å². The van der Waals surface area contributed by atoms with Crippen LogP contribution in [0.1, 0.15) is 32.8 Å². The monoisotopic (exact) mass is 228 g/mol. The highest BCUT2D eigenvalue weighted by atomic mass is 19.1. The van der Waals surface area contributed by atoms with Gasteiger partial charge in [-0.1, -0.05) is 13.8 Å². The Labute approximate surface area is 95.1 Å². The van der Waals surface area contributed by atoms with Gasteiger partial charge in [0.1, 0.15) is 11.6 Å². The molecule has 0 amide bonds. The van der Waals surface area contributed by atoms with Crippen molar-refractivity contribution in [3.63, 3.8) is 0 Å². The molecular weight excluding hydrogens is 210 g/mol. The van der Waals surface area contributed by atoms with Crippen molar-refractivity contribution in [1.29, 1.82) is 0 Å². The summed E-state index contributed by atoms with van der Waals surface area (Å²) >= 11 is 0. The van der Waals surface area contributed by atoms with Crippen molar-refractivity contribution in [3.8, 4) is 0 Å². The average molecular weight is 228 g/mol. The minimum atomic E-state index is -0.438. The molecule has 1 N–H and O–H groups in total. The predicted molar refractivity (Wildman–Crippen MR) is 60.1 cm³/mol. The van der Waals surface area contributed by atoms with Crippen LogP contribution in [0.2, 0.25) is 0 Å². The second-order valence-electron chi connectivity index (χ2n) is 5.13. The zero-order chi connectivity index (χ0) is 12.3. The largest absolute Gasteiger partial charge is 0.393 e. The van der Waals surface area contributed by atoms with Crippen LogP contribution in [-0.4, -0.2) is 11.2 Å². The maximum Gasteiger partial charge on any atom is 0.126 e. The Kier molecular flexibility index (Phi) is 4.03. The van der Waals surface area contributed by atoms with E-state index >= 15 is 0 Å². The Morgan fingerprint density at radius 3 is 2.50 bits per heavy atom. The molecule has 0 aliphatic heterocycles. The highest BCUT2D eigenvalue weighted by Gasteiger charge is 2.22. The molecule has 1 nitrogen and oxygen atoms in total. The van der Waals surface area contributed by atoms with Crippen molar-refractivity contribution in [3.05, 3.63) is 35.4 Å². The quantitative estimate of drug-likeness (QED) is 0.838. The number of hydrogen-bond acceptors (Lipinski definition) is 1. The van der Waals surface area contributed by atoms with Gasteiger partial charge in [-0.3, -0.25) is 0 Å². The van der Waals surface area contributed by atoms with Gasteiger partial charge in [-0.05, 0) is 48.9 Å². The number of hydrogen-bond donors (Lipinski definition) is 1. The summed E-state index contributed by atoms with van der Waals surface area (Å²) in [6.45, 7) is 5.57. The van der Waals surface area contributed by atoms with E-state index in [0.717, 1.165) is 12.1 Å². The normalized spacial score (nSPS) is 13.9. The third kappa shape index (κ3) is 3.89. The molecule has 0 spiro atoms. The van der Waals surface area contributed by atoms with Crippen LogP contribution in [0.4, 0.5) is 8.78 Å². The molecule has 1 unspecified atom stereocenters. The van der Waals surface area contributed by atoms with Gasteiger partial charge in [-0.25, -0.2) is 8.78 Å². The van der Waals surface area contributed by atoms with Crippen LogP contribution < -0.4 is 0 Å². The van der Waals surface area contributed by atoms with Crippen LogP contribution in [0.15, 0.2) is 18.2 Å². The van der Waals surface area contributed by atoms with E-state index in [4.69, 9.17) is 0 Å². The first-order chi connectivity index (χ1) is 7.30. The van der Waals surface area contributed by atoms with Crippen LogP contribution in [0.5, 0.6) is 0 Å². The van der Waals surface area contributed by atoms with Gasteiger partial charge in [0.25, 0.3) is 0 Å². The lowest BCUT2D eigenvalue weighted by atomic mass is 9.81. The first-order valence-electron chi connectivity index (χ1n) is 5.42. The van der Waals surface area contributed by atoms with E-state index in [9.17, 15) is 13.9 Å². The highest BCUT2D eigenvalue weighted by Crippen LogP contribution is 2.28. The Balaban J connectivity index is 2.82. The predicted octanol–water partition coefficient (Wildman–Crippen LogP) is 3.30. The third-order valence-corrected chi connectivity index (χ3v) is 2.52. The number of benzene rings is 1. The van der Waals surface area contributed by atoms with Gasteiger partial charge < -0.3 is 5.11 Å². The number of aliphatic hydroxyl groups excluding tert-OH is 1. The molecule has 0 saturated carbocycles. The van der Waals surface area contributed by atoms with Gasteiger partial charge in [-0.15, -0.1) is 0 Å². The zero-order valence-corrected chi connectivity index (χ0v) is 9.93. The summed E-state index contributed by atoms with van der Waals surface area (Å²) in [5.41, 5.74) is 0.119. The topological polar surface area (TPSA) is 20.2 Å². The van der Waals surface area contributed by atoms with Gasteiger partial charge in [0.05, 0.1) is 6.10 Å². The van der Waals surface area contributed by atoms with Crippen LogP contribution in [0.25, 0.3) is 0 Å². The first-order valence-corrected chi connectivity index (χ1v) is 5.42. The van der Waals surface area contributed by atoms with Gasteiger partial charge in [-0.2, -0.15) is 0 Å². The summed E-state index contributed by atoms with van der Waals surface area (Å²) in [6.07, 6.45) is 0.538. The van der Waals surface area contributed by atoms with E-state index in [-0.39, 0.29) is 11.2 Å². The Morgan fingerprint density at radius 1 is 1.31 bits per heavy atom. The fraction of sp³-hybridized carbons (Fsp3) is 0.538. The lowest BCUT2D eigenvalue weighted by molar-refractivity contribution is 0.129. The standard InChI is InChI=1S/C13H18F2O/c1-9(16)7-13(2,3)8-10-6-11(14)4-5-12(10)15/h4-6,9,16H,7-8H2,1-3H3. The second-order valence-corrected chi connectivity index (χ2v) is 5.13. The molecule has 0 radical (unpaired) electrons. The molecule has 3 heteroatoms. The lowest BCUT2D eigenvalue weighted by Gasteiger charge is -2.26. The van der Waals surface area contributed by atoms with E-state index in [1.165, 1.54) is 6.07 Å². The lowest BCUT2D eigenvalue weighted by Crippen LogP contribution is -2.21. The molecule has 0 aromatic heterocycles. The summed E-state index contributed by atoms with van der Waals surface area (Å²) in [5.74, 6) is -0.815. The molecule has 0 fully saturated rings. The van der Waals surface area contributed by atoms with Crippen molar-refractivity contribution < 1.29 is 13.9 Å². The molecule has 1 aromatic carbocycles. The molecule has 16 heavy (non-hydrogen) atoms. The van der Waals surface area contributed by atoms with E-state index in [0.29, 0.717) is 18.4 Å². The first kappa shape index (κ1) is 13.1. The molecule has 0 aliphatic rings. The molecule has 1 aromatic rings. The Hall–Kier alpha value is -0.960. The summed E-state index contributed by atoms with van der Waals surface area (Å²) in [4.78, 5) is 0. The second kappa shape index (κ2) is 4.91. The number of aliphatic hydroxyl groups is 1. The SMILES string of the molecule is CC(O)CC(C)(C)Cc1cc(F)ccc1F. The van der Waals surface area contributed by atoms with Crippen molar-refractivity contribution in [2.45, 2.75) is 39.7 Å². The molecule has 0 saturated heterocycles. The van der Waals surface area contributed by atoms with Crippen LogP contribution in [0, 0.1) is 17.0 Å². The van der Waals surface area contributed by atoms with Crippen LogP contribution >= 0.6 is 0 Å². The summed E-state index contributed by atoms with van der Waals surface area (Å²) in [6, 6.07) is 3.47. The average Bonchev–Trinajstić information content (AvgIpc) is 2.08. The van der Waals surface area contributed by atoms with E-state index in [2.05, 4.69) is 0 Å². The molecule has 0 heterocycles. The minimum Gasteiger partial charge on any atom is -0.393 e. The van der Waals surface area contributed by atoms with E-state index < -0.39 is 11.9 Å². The van der Waals surface area contributed by atoms with Crippen molar-refractivity contribution in [2.24, 2.45) is 5.41 Å². The summed E-state index contributed by atoms with van der Waals surface area (Å²) < 4.78 is 26.4. The molecule has 1 atom stereocenters. The maximum absolute atomic E-state index is 13.4. The fourth-order valence-electron chi connectivity index (χ4n) is 2.07. The van der Waals surface area contributed by atoms with E-state index in [1.807, 2.05) is 13.8 Å². The molecule has 0 aliphatic carbocycles. The number of rotatable bonds is 4. The number of halogens is 2. The van der Waals surface area contributed by atoms with E-state index in [1.54, 1.807) is 6.92 Å².